The summed E-state index contributed by atoms with van der Waals surface area (Å²) in [5.41, 5.74) is 4.25. The van der Waals surface area contributed by atoms with Gasteiger partial charge in [0.2, 0.25) is 5.91 Å². The van der Waals surface area contributed by atoms with Crippen LogP contribution in [0.4, 0.5) is 5.69 Å². The number of aryl methyl sites for hydroxylation is 2. The molecule has 2 aromatic carbocycles. The Hall–Kier alpha value is -2.00. The number of benzene rings is 2. The average Bonchev–Trinajstić information content (AvgIpc) is 2.47. The molecule has 0 saturated carbocycles. The van der Waals surface area contributed by atoms with E-state index in [1.807, 2.05) is 56.3 Å². The van der Waals surface area contributed by atoms with Gasteiger partial charge in [0.05, 0.1) is 6.54 Å². The van der Waals surface area contributed by atoms with Gasteiger partial charge in [0.1, 0.15) is 0 Å². The lowest BCUT2D eigenvalue weighted by Crippen LogP contribution is -2.29. The summed E-state index contributed by atoms with van der Waals surface area (Å²) in [4.78, 5) is 11.8. The van der Waals surface area contributed by atoms with Crippen molar-refractivity contribution in [2.24, 2.45) is 0 Å². The van der Waals surface area contributed by atoms with Crippen LogP contribution in [0.15, 0.2) is 42.5 Å². The first kappa shape index (κ1) is 15.4. The molecule has 0 saturated heterocycles. The highest BCUT2D eigenvalue weighted by Crippen LogP contribution is 2.19. The van der Waals surface area contributed by atoms with Gasteiger partial charge in [-0.1, -0.05) is 47.5 Å². The van der Waals surface area contributed by atoms with Crippen LogP contribution in [0.2, 0.25) is 5.02 Å². The van der Waals surface area contributed by atoms with E-state index in [0.717, 1.165) is 16.8 Å². The van der Waals surface area contributed by atoms with Crippen molar-refractivity contribution in [1.82, 2.24) is 5.32 Å². The van der Waals surface area contributed by atoms with E-state index in [2.05, 4.69) is 10.6 Å². The first-order valence-electron chi connectivity index (χ1n) is 6.87. The maximum atomic E-state index is 11.8. The third-order valence-electron chi connectivity index (χ3n) is 3.25. The summed E-state index contributed by atoms with van der Waals surface area (Å²) in [6.45, 7) is 4.78. The second kappa shape index (κ2) is 7.14. The summed E-state index contributed by atoms with van der Waals surface area (Å²) in [6, 6.07) is 13.7. The van der Waals surface area contributed by atoms with Gasteiger partial charge in [0.15, 0.2) is 0 Å². The SMILES string of the molecule is Cc1ccc(CNC(=O)CNc2cc(Cl)ccc2C)cc1. The fraction of sp³-hybridized carbons (Fsp3) is 0.235. The molecule has 2 N–H and O–H groups in total. The van der Waals surface area contributed by atoms with Crippen LogP contribution in [0.3, 0.4) is 0 Å². The topological polar surface area (TPSA) is 41.1 Å². The zero-order valence-electron chi connectivity index (χ0n) is 12.2. The van der Waals surface area contributed by atoms with Gasteiger partial charge in [-0.25, -0.2) is 0 Å². The number of halogens is 1. The zero-order valence-corrected chi connectivity index (χ0v) is 13.0. The Balaban J connectivity index is 1.82. The number of hydrogen-bond donors (Lipinski definition) is 2. The van der Waals surface area contributed by atoms with Gasteiger partial charge in [-0.05, 0) is 37.1 Å². The Morgan fingerprint density at radius 2 is 1.81 bits per heavy atom. The van der Waals surface area contributed by atoms with Crippen molar-refractivity contribution >= 4 is 23.2 Å². The molecule has 0 aliphatic rings. The van der Waals surface area contributed by atoms with Gasteiger partial charge in [0.25, 0.3) is 0 Å². The maximum absolute atomic E-state index is 11.8. The summed E-state index contributed by atoms with van der Waals surface area (Å²) in [5, 5.41) is 6.65. The first-order chi connectivity index (χ1) is 10.0. The highest BCUT2D eigenvalue weighted by atomic mass is 35.5. The normalized spacial score (nSPS) is 10.2. The Kier molecular flexibility index (Phi) is 5.23. The van der Waals surface area contributed by atoms with Crippen molar-refractivity contribution < 1.29 is 4.79 Å². The molecule has 0 unspecified atom stereocenters. The predicted octanol–water partition coefficient (Wildman–Crippen LogP) is 3.69. The fourth-order valence-corrected chi connectivity index (χ4v) is 2.10. The van der Waals surface area contributed by atoms with E-state index in [1.54, 1.807) is 0 Å². The van der Waals surface area contributed by atoms with Gasteiger partial charge in [-0.2, -0.15) is 0 Å². The molecular formula is C17H19ClN2O. The molecule has 0 aliphatic heterocycles. The highest BCUT2D eigenvalue weighted by Gasteiger charge is 2.04. The number of hydrogen-bond acceptors (Lipinski definition) is 2. The molecule has 0 aromatic heterocycles. The van der Waals surface area contributed by atoms with Crippen LogP contribution >= 0.6 is 11.6 Å². The number of rotatable bonds is 5. The Bertz CT molecular complexity index is 623. The van der Waals surface area contributed by atoms with E-state index in [1.165, 1.54) is 5.56 Å². The molecule has 2 aromatic rings. The third kappa shape index (κ3) is 4.80. The van der Waals surface area contributed by atoms with Gasteiger partial charge in [0, 0.05) is 17.3 Å². The van der Waals surface area contributed by atoms with Crippen LogP contribution in [-0.4, -0.2) is 12.5 Å². The molecule has 0 heterocycles. The fourth-order valence-electron chi connectivity index (χ4n) is 1.93. The highest BCUT2D eigenvalue weighted by molar-refractivity contribution is 6.30. The van der Waals surface area contributed by atoms with E-state index in [4.69, 9.17) is 11.6 Å². The van der Waals surface area contributed by atoms with E-state index in [-0.39, 0.29) is 12.5 Å². The lowest BCUT2D eigenvalue weighted by molar-refractivity contribution is -0.119. The number of amides is 1. The molecule has 0 bridgehead atoms. The molecule has 110 valence electrons. The zero-order chi connectivity index (χ0) is 15.2. The molecule has 0 radical (unpaired) electrons. The summed E-state index contributed by atoms with van der Waals surface area (Å²) < 4.78 is 0. The van der Waals surface area contributed by atoms with Crippen LogP contribution in [0.1, 0.15) is 16.7 Å². The molecule has 0 atom stereocenters. The second-order valence-corrected chi connectivity index (χ2v) is 5.51. The van der Waals surface area contributed by atoms with E-state index in [0.29, 0.717) is 11.6 Å². The second-order valence-electron chi connectivity index (χ2n) is 5.08. The van der Waals surface area contributed by atoms with Crippen molar-refractivity contribution in [3.05, 3.63) is 64.2 Å². The van der Waals surface area contributed by atoms with Crippen molar-refractivity contribution in [3.8, 4) is 0 Å². The minimum absolute atomic E-state index is 0.0463. The Morgan fingerprint density at radius 3 is 2.52 bits per heavy atom. The molecular weight excluding hydrogens is 284 g/mol. The lowest BCUT2D eigenvalue weighted by atomic mass is 10.1. The van der Waals surface area contributed by atoms with Gasteiger partial charge in [-0.15, -0.1) is 0 Å². The van der Waals surface area contributed by atoms with E-state index >= 15 is 0 Å². The van der Waals surface area contributed by atoms with Crippen molar-refractivity contribution in [2.75, 3.05) is 11.9 Å². The van der Waals surface area contributed by atoms with Crippen molar-refractivity contribution in [2.45, 2.75) is 20.4 Å². The number of anilines is 1. The Labute approximate surface area is 130 Å². The quantitative estimate of drug-likeness (QED) is 0.884. The number of carbonyl (C=O) groups excluding carboxylic acids is 1. The minimum Gasteiger partial charge on any atom is -0.376 e. The molecule has 0 aliphatic carbocycles. The predicted molar refractivity (Wildman–Crippen MR) is 87.7 cm³/mol. The molecule has 3 nitrogen and oxygen atoms in total. The van der Waals surface area contributed by atoms with Gasteiger partial charge < -0.3 is 10.6 Å². The molecule has 4 heteroatoms. The largest absolute Gasteiger partial charge is 0.376 e. The maximum Gasteiger partial charge on any atom is 0.239 e. The standard InChI is InChI=1S/C17H19ClN2O/c1-12-3-6-14(7-4-12)10-20-17(21)11-19-16-9-15(18)8-5-13(16)2/h3-9,19H,10-11H2,1-2H3,(H,20,21). The summed E-state index contributed by atoms with van der Waals surface area (Å²) in [7, 11) is 0. The van der Waals surface area contributed by atoms with Crippen molar-refractivity contribution in [1.29, 1.82) is 0 Å². The van der Waals surface area contributed by atoms with Crippen LogP contribution < -0.4 is 10.6 Å². The van der Waals surface area contributed by atoms with Crippen LogP contribution in [0, 0.1) is 13.8 Å². The van der Waals surface area contributed by atoms with Gasteiger partial charge in [-0.3, -0.25) is 4.79 Å². The smallest absolute Gasteiger partial charge is 0.239 e. The molecule has 1 amide bonds. The van der Waals surface area contributed by atoms with Crippen molar-refractivity contribution in [3.63, 3.8) is 0 Å². The summed E-state index contributed by atoms with van der Waals surface area (Å²) >= 11 is 5.95. The van der Waals surface area contributed by atoms with E-state index in [9.17, 15) is 4.79 Å². The van der Waals surface area contributed by atoms with Crippen LogP contribution in [0.5, 0.6) is 0 Å². The van der Waals surface area contributed by atoms with Crippen LogP contribution in [-0.2, 0) is 11.3 Å². The van der Waals surface area contributed by atoms with E-state index < -0.39 is 0 Å². The summed E-state index contributed by atoms with van der Waals surface area (Å²) in [6.07, 6.45) is 0. The Morgan fingerprint density at radius 1 is 1.10 bits per heavy atom. The molecule has 0 spiro atoms. The van der Waals surface area contributed by atoms with Gasteiger partial charge >= 0.3 is 0 Å². The number of carbonyl (C=O) groups is 1. The lowest BCUT2D eigenvalue weighted by Gasteiger charge is -2.10. The molecule has 21 heavy (non-hydrogen) atoms. The monoisotopic (exact) mass is 302 g/mol. The average molecular weight is 303 g/mol. The third-order valence-corrected chi connectivity index (χ3v) is 3.48. The van der Waals surface area contributed by atoms with Crippen LogP contribution in [0.25, 0.3) is 0 Å². The number of nitrogens with one attached hydrogen (secondary N) is 2. The summed E-state index contributed by atoms with van der Waals surface area (Å²) in [5.74, 6) is -0.0463. The molecule has 2 rings (SSSR count). The first-order valence-corrected chi connectivity index (χ1v) is 7.24. The molecule has 0 fully saturated rings. The minimum atomic E-state index is -0.0463.